The first-order chi connectivity index (χ1) is 10.5. The summed E-state index contributed by atoms with van der Waals surface area (Å²) in [5.41, 5.74) is 2.19. The first kappa shape index (κ1) is 15.2. The zero-order chi connectivity index (χ0) is 15.7. The molecule has 1 N–H and O–H groups in total. The van der Waals surface area contributed by atoms with Crippen LogP contribution in [-0.2, 0) is 0 Å². The molecule has 2 amide bonds. The van der Waals surface area contributed by atoms with Gasteiger partial charge in [0.2, 0.25) is 0 Å². The van der Waals surface area contributed by atoms with E-state index in [-0.39, 0.29) is 6.03 Å². The van der Waals surface area contributed by atoms with Crippen LogP contribution in [0.5, 0.6) is 5.75 Å². The maximum Gasteiger partial charge on any atom is 0.321 e. The van der Waals surface area contributed by atoms with Gasteiger partial charge >= 0.3 is 6.03 Å². The third-order valence-corrected chi connectivity index (χ3v) is 5.04. The van der Waals surface area contributed by atoms with Crippen LogP contribution in [0, 0.1) is 12.3 Å². The molecule has 0 bridgehead atoms. The molecule has 1 aromatic rings. The number of aryl methyl sites for hydroxylation is 1. The van der Waals surface area contributed by atoms with E-state index in [0.717, 1.165) is 49.6 Å². The number of urea groups is 1. The highest BCUT2D eigenvalue weighted by atomic mass is 16.5. The van der Waals surface area contributed by atoms with Crippen molar-refractivity contribution in [1.82, 2.24) is 9.80 Å². The second-order valence-electron chi connectivity index (χ2n) is 6.77. The van der Waals surface area contributed by atoms with Gasteiger partial charge in [0.1, 0.15) is 5.75 Å². The van der Waals surface area contributed by atoms with Crippen molar-refractivity contribution in [2.45, 2.75) is 19.8 Å². The summed E-state index contributed by atoms with van der Waals surface area (Å²) >= 11 is 0. The van der Waals surface area contributed by atoms with Crippen molar-refractivity contribution < 1.29 is 9.53 Å². The average molecular weight is 303 g/mol. The second-order valence-corrected chi connectivity index (χ2v) is 6.77. The van der Waals surface area contributed by atoms with Gasteiger partial charge in [-0.2, -0.15) is 0 Å². The molecule has 0 unspecified atom stereocenters. The lowest BCUT2D eigenvalue weighted by molar-refractivity contribution is 0.212. The number of likely N-dealkylation sites (tertiary alicyclic amines) is 2. The third kappa shape index (κ3) is 2.90. The Morgan fingerprint density at radius 3 is 2.73 bits per heavy atom. The van der Waals surface area contributed by atoms with E-state index >= 15 is 0 Å². The number of carbonyl (C=O) groups is 1. The average Bonchev–Trinajstić information content (AvgIpc) is 3.08. The molecule has 1 aromatic carbocycles. The van der Waals surface area contributed by atoms with Gasteiger partial charge in [0.25, 0.3) is 0 Å². The Kier molecular flexibility index (Phi) is 4.00. The number of anilines is 1. The summed E-state index contributed by atoms with van der Waals surface area (Å²) in [4.78, 5) is 16.9. The van der Waals surface area contributed by atoms with Crippen LogP contribution < -0.4 is 10.1 Å². The van der Waals surface area contributed by atoms with Gasteiger partial charge in [0.15, 0.2) is 0 Å². The molecule has 5 nitrogen and oxygen atoms in total. The number of carbonyl (C=O) groups excluding carboxylic acids is 1. The molecule has 120 valence electrons. The van der Waals surface area contributed by atoms with Crippen LogP contribution in [0.15, 0.2) is 18.2 Å². The largest absolute Gasteiger partial charge is 0.497 e. The molecule has 5 heteroatoms. The summed E-state index contributed by atoms with van der Waals surface area (Å²) in [6.07, 6.45) is 2.31. The van der Waals surface area contributed by atoms with Crippen molar-refractivity contribution in [1.29, 1.82) is 0 Å². The summed E-state index contributed by atoms with van der Waals surface area (Å²) in [6, 6.07) is 5.75. The summed E-state index contributed by atoms with van der Waals surface area (Å²) < 4.78 is 5.23. The first-order valence-electron chi connectivity index (χ1n) is 7.90. The molecule has 2 saturated heterocycles. The van der Waals surface area contributed by atoms with Gasteiger partial charge < -0.3 is 19.9 Å². The van der Waals surface area contributed by atoms with E-state index in [1.54, 1.807) is 7.11 Å². The minimum absolute atomic E-state index is 0.00258. The Hall–Kier alpha value is -1.75. The molecule has 1 atom stereocenters. The standard InChI is InChI=1S/C17H25N3O2/c1-13-4-5-14(22-3)10-15(13)18-16(21)20-9-7-17(12-20)6-8-19(2)11-17/h4-5,10H,6-9,11-12H2,1-3H3,(H,18,21)/t17-/m1/s1. The lowest BCUT2D eigenvalue weighted by Crippen LogP contribution is -2.36. The number of methoxy groups -OCH3 is 1. The molecule has 2 aliphatic rings. The molecule has 2 fully saturated rings. The van der Waals surface area contributed by atoms with E-state index in [1.807, 2.05) is 30.0 Å². The van der Waals surface area contributed by atoms with E-state index in [9.17, 15) is 4.79 Å². The van der Waals surface area contributed by atoms with Crippen molar-refractivity contribution in [3.63, 3.8) is 0 Å². The van der Waals surface area contributed by atoms with Gasteiger partial charge in [0.05, 0.1) is 7.11 Å². The van der Waals surface area contributed by atoms with Crippen LogP contribution in [0.25, 0.3) is 0 Å². The van der Waals surface area contributed by atoms with E-state index in [4.69, 9.17) is 4.74 Å². The van der Waals surface area contributed by atoms with Crippen LogP contribution in [0.3, 0.4) is 0 Å². The molecule has 1 spiro atoms. The monoisotopic (exact) mass is 303 g/mol. The molecular weight excluding hydrogens is 278 g/mol. The highest BCUT2D eigenvalue weighted by Gasteiger charge is 2.43. The van der Waals surface area contributed by atoms with Crippen LogP contribution in [0.2, 0.25) is 0 Å². The summed E-state index contributed by atoms with van der Waals surface area (Å²) in [7, 11) is 3.80. The fourth-order valence-electron chi connectivity index (χ4n) is 3.66. The molecule has 0 aliphatic carbocycles. The van der Waals surface area contributed by atoms with Crippen molar-refractivity contribution in [2.75, 3.05) is 45.7 Å². The molecule has 0 saturated carbocycles. The number of benzene rings is 1. The zero-order valence-corrected chi connectivity index (χ0v) is 13.7. The maximum atomic E-state index is 12.5. The maximum absolute atomic E-state index is 12.5. The van der Waals surface area contributed by atoms with Gasteiger partial charge in [-0.15, -0.1) is 0 Å². The van der Waals surface area contributed by atoms with Gasteiger partial charge in [-0.05, 0) is 45.0 Å². The Labute approximate surface area is 132 Å². The Bertz CT molecular complexity index is 575. The predicted octanol–water partition coefficient (Wildman–Crippen LogP) is 2.56. The van der Waals surface area contributed by atoms with Gasteiger partial charge in [-0.3, -0.25) is 0 Å². The lowest BCUT2D eigenvalue weighted by Gasteiger charge is -2.24. The Balaban J connectivity index is 1.66. The van der Waals surface area contributed by atoms with Crippen molar-refractivity contribution in [3.8, 4) is 5.75 Å². The highest BCUT2D eigenvalue weighted by Crippen LogP contribution is 2.39. The minimum atomic E-state index is 0.00258. The number of amides is 2. The Morgan fingerprint density at radius 2 is 2.05 bits per heavy atom. The molecule has 0 aromatic heterocycles. The summed E-state index contributed by atoms with van der Waals surface area (Å²) in [5.74, 6) is 0.760. The summed E-state index contributed by atoms with van der Waals surface area (Å²) in [5, 5.41) is 3.04. The number of nitrogens with zero attached hydrogens (tertiary/aromatic N) is 2. The van der Waals surface area contributed by atoms with Crippen LogP contribution in [0.4, 0.5) is 10.5 Å². The molecule has 3 rings (SSSR count). The lowest BCUT2D eigenvalue weighted by atomic mass is 9.86. The van der Waals surface area contributed by atoms with Crippen molar-refractivity contribution >= 4 is 11.7 Å². The minimum Gasteiger partial charge on any atom is -0.497 e. The fourth-order valence-corrected chi connectivity index (χ4v) is 3.66. The molecule has 0 radical (unpaired) electrons. The molecule has 22 heavy (non-hydrogen) atoms. The van der Waals surface area contributed by atoms with Crippen LogP contribution in [0.1, 0.15) is 18.4 Å². The number of ether oxygens (including phenoxy) is 1. The number of hydrogen-bond acceptors (Lipinski definition) is 3. The number of rotatable bonds is 2. The predicted molar refractivity (Wildman–Crippen MR) is 87.5 cm³/mol. The molecular formula is C17H25N3O2. The van der Waals surface area contributed by atoms with Gasteiger partial charge in [0, 0.05) is 36.8 Å². The van der Waals surface area contributed by atoms with Crippen LogP contribution >= 0.6 is 0 Å². The SMILES string of the molecule is COc1ccc(C)c(NC(=O)N2CC[C@@]3(CCN(C)C3)C2)c1. The van der Waals surface area contributed by atoms with E-state index in [1.165, 1.54) is 6.42 Å². The summed E-state index contributed by atoms with van der Waals surface area (Å²) in [6.45, 7) is 5.96. The van der Waals surface area contributed by atoms with Crippen molar-refractivity contribution in [3.05, 3.63) is 23.8 Å². The third-order valence-electron chi connectivity index (χ3n) is 5.04. The normalized spacial score (nSPS) is 25.0. The Morgan fingerprint density at radius 1 is 1.27 bits per heavy atom. The highest BCUT2D eigenvalue weighted by molar-refractivity contribution is 5.90. The molecule has 2 heterocycles. The zero-order valence-electron chi connectivity index (χ0n) is 13.7. The number of nitrogens with one attached hydrogen (secondary N) is 1. The quantitative estimate of drug-likeness (QED) is 0.913. The topological polar surface area (TPSA) is 44.8 Å². The van der Waals surface area contributed by atoms with Gasteiger partial charge in [-0.25, -0.2) is 4.79 Å². The smallest absolute Gasteiger partial charge is 0.321 e. The fraction of sp³-hybridized carbons (Fsp3) is 0.588. The van der Waals surface area contributed by atoms with E-state index in [0.29, 0.717) is 5.41 Å². The van der Waals surface area contributed by atoms with Crippen LogP contribution in [-0.4, -0.2) is 56.2 Å². The van der Waals surface area contributed by atoms with Gasteiger partial charge in [-0.1, -0.05) is 6.07 Å². The van der Waals surface area contributed by atoms with E-state index < -0.39 is 0 Å². The molecule has 2 aliphatic heterocycles. The second kappa shape index (κ2) is 5.80. The number of hydrogen-bond donors (Lipinski definition) is 1. The van der Waals surface area contributed by atoms with E-state index in [2.05, 4.69) is 17.3 Å². The first-order valence-corrected chi connectivity index (χ1v) is 7.90. The van der Waals surface area contributed by atoms with Crippen molar-refractivity contribution in [2.24, 2.45) is 5.41 Å².